The number of fused-ring (bicyclic) bond motifs is 1. The summed E-state index contributed by atoms with van der Waals surface area (Å²) in [5.41, 5.74) is -0.544. The van der Waals surface area contributed by atoms with Crippen LogP contribution in [0.25, 0.3) is 10.9 Å². The molecule has 0 bridgehead atoms. The highest BCUT2D eigenvalue weighted by Gasteiger charge is 2.35. The van der Waals surface area contributed by atoms with Crippen molar-refractivity contribution in [1.29, 1.82) is 0 Å². The van der Waals surface area contributed by atoms with Crippen LogP contribution in [-0.2, 0) is 26.9 Å². The van der Waals surface area contributed by atoms with Crippen molar-refractivity contribution in [1.82, 2.24) is 20.0 Å². The minimum absolute atomic E-state index is 0.189. The van der Waals surface area contributed by atoms with Crippen molar-refractivity contribution in [2.75, 3.05) is 26.3 Å². The van der Waals surface area contributed by atoms with E-state index in [2.05, 4.69) is 10.4 Å². The van der Waals surface area contributed by atoms with E-state index in [0.717, 1.165) is 0 Å². The van der Waals surface area contributed by atoms with Gasteiger partial charge in [-0.15, -0.1) is 0 Å². The monoisotopic (exact) mass is 434 g/mol. The molecule has 2 amide bonds. The zero-order chi connectivity index (χ0) is 23.0. The van der Waals surface area contributed by atoms with Crippen LogP contribution in [0.3, 0.4) is 0 Å². The summed E-state index contributed by atoms with van der Waals surface area (Å²) in [7, 11) is 1.67. The van der Waals surface area contributed by atoms with E-state index in [1.807, 2.05) is 13.8 Å². The minimum atomic E-state index is -0.868. The molecule has 2 heterocycles. The van der Waals surface area contributed by atoms with Gasteiger partial charge in [-0.05, 0) is 40.7 Å². The van der Waals surface area contributed by atoms with Crippen molar-refractivity contribution in [3.8, 4) is 0 Å². The maximum Gasteiger partial charge on any atom is 0.410 e. The standard InChI is InChI=1S/C22H31FN4O4/c1-21(2,3)31-20(29)27-10-11-30-13-14(12-27)19(28)24-22(4,5)18-15-8-7-9-16(23)17(15)26(6)25-18/h7-9,14H,10-13H2,1-6H3,(H,24,28). The number of nitrogens with zero attached hydrogens (tertiary/aromatic N) is 3. The summed E-state index contributed by atoms with van der Waals surface area (Å²) in [6.07, 6.45) is -0.471. The Bertz CT molecular complexity index is 980. The first-order chi connectivity index (χ1) is 14.4. The number of halogens is 1. The van der Waals surface area contributed by atoms with Crippen LogP contribution in [0.4, 0.5) is 9.18 Å². The third-order valence-electron chi connectivity index (χ3n) is 5.13. The number of ether oxygens (including phenoxy) is 2. The van der Waals surface area contributed by atoms with Gasteiger partial charge in [0.05, 0.1) is 30.4 Å². The Kier molecular flexibility index (Phi) is 6.27. The van der Waals surface area contributed by atoms with E-state index in [1.54, 1.807) is 40.0 Å². The molecule has 1 aromatic heterocycles. The van der Waals surface area contributed by atoms with Crippen molar-refractivity contribution in [2.24, 2.45) is 13.0 Å². The maximum atomic E-state index is 14.3. The molecule has 1 fully saturated rings. The summed E-state index contributed by atoms with van der Waals surface area (Å²) in [6.45, 7) is 10.1. The number of rotatable bonds is 3. The highest BCUT2D eigenvalue weighted by Crippen LogP contribution is 2.29. The molecule has 1 aromatic carbocycles. The van der Waals surface area contributed by atoms with Gasteiger partial charge in [0.25, 0.3) is 0 Å². The van der Waals surface area contributed by atoms with Gasteiger partial charge in [0.2, 0.25) is 5.91 Å². The number of nitrogens with one attached hydrogen (secondary N) is 1. The van der Waals surface area contributed by atoms with E-state index in [-0.39, 0.29) is 24.9 Å². The molecular weight excluding hydrogens is 403 g/mol. The van der Waals surface area contributed by atoms with E-state index in [4.69, 9.17) is 9.47 Å². The van der Waals surface area contributed by atoms with Crippen LogP contribution in [-0.4, -0.2) is 58.6 Å². The predicted octanol–water partition coefficient (Wildman–Crippen LogP) is 2.95. The van der Waals surface area contributed by atoms with Gasteiger partial charge in [-0.1, -0.05) is 12.1 Å². The number of para-hydroxylation sites is 1. The second-order valence-corrected chi connectivity index (χ2v) is 9.42. The molecule has 1 aliphatic heterocycles. The van der Waals surface area contributed by atoms with Gasteiger partial charge in [0.1, 0.15) is 16.9 Å². The van der Waals surface area contributed by atoms with Gasteiger partial charge >= 0.3 is 6.09 Å². The van der Waals surface area contributed by atoms with Gasteiger partial charge in [-0.3, -0.25) is 9.48 Å². The van der Waals surface area contributed by atoms with Crippen LogP contribution < -0.4 is 5.32 Å². The molecule has 1 unspecified atom stereocenters. The number of carbonyl (C=O) groups excluding carboxylic acids is 2. The summed E-state index contributed by atoms with van der Waals surface area (Å²) in [6, 6.07) is 4.79. The van der Waals surface area contributed by atoms with Crippen molar-refractivity contribution in [3.63, 3.8) is 0 Å². The number of aryl methyl sites for hydroxylation is 1. The van der Waals surface area contributed by atoms with Gasteiger partial charge in [-0.2, -0.15) is 5.10 Å². The quantitative estimate of drug-likeness (QED) is 0.803. The molecule has 8 nitrogen and oxygen atoms in total. The first-order valence-electron chi connectivity index (χ1n) is 10.4. The Labute approximate surface area is 181 Å². The molecule has 1 aliphatic rings. The summed E-state index contributed by atoms with van der Waals surface area (Å²) in [4.78, 5) is 27.1. The van der Waals surface area contributed by atoms with Crippen molar-refractivity contribution in [2.45, 2.75) is 45.8 Å². The fourth-order valence-electron chi connectivity index (χ4n) is 3.68. The van der Waals surface area contributed by atoms with Crippen LogP contribution in [0.2, 0.25) is 0 Å². The molecule has 3 rings (SSSR count). The van der Waals surface area contributed by atoms with Crippen LogP contribution in [0.1, 0.15) is 40.3 Å². The minimum Gasteiger partial charge on any atom is -0.444 e. The summed E-state index contributed by atoms with van der Waals surface area (Å²) >= 11 is 0. The van der Waals surface area contributed by atoms with E-state index in [9.17, 15) is 14.0 Å². The number of benzene rings is 1. The lowest BCUT2D eigenvalue weighted by Gasteiger charge is -2.30. The molecule has 0 aliphatic carbocycles. The van der Waals surface area contributed by atoms with Crippen molar-refractivity contribution >= 4 is 22.9 Å². The number of amides is 2. The molecule has 1 atom stereocenters. The predicted molar refractivity (Wildman–Crippen MR) is 114 cm³/mol. The summed E-state index contributed by atoms with van der Waals surface area (Å²) in [5, 5.41) is 8.11. The third-order valence-corrected chi connectivity index (χ3v) is 5.13. The van der Waals surface area contributed by atoms with Crippen molar-refractivity contribution < 1.29 is 23.5 Å². The first kappa shape index (κ1) is 23.0. The molecule has 1 N–H and O–H groups in total. The second-order valence-electron chi connectivity index (χ2n) is 9.42. The molecule has 9 heteroatoms. The number of hydrogen-bond donors (Lipinski definition) is 1. The molecular formula is C22H31FN4O4. The topological polar surface area (TPSA) is 85.7 Å². The van der Waals surface area contributed by atoms with Crippen LogP contribution in [0.15, 0.2) is 18.2 Å². The Morgan fingerprint density at radius 1 is 1.26 bits per heavy atom. The Morgan fingerprint density at radius 2 is 1.97 bits per heavy atom. The molecule has 0 saturated carbocycles. The Hall–Kier alpha value is -2.68. The number of aromatic nitrogens is 2. The van der Waals surface area contributed by atoms with Gasteiger partial charge in [0.15, 0.2) is 0 Å². The molecule has 1 saturated heterocycles. The number of hydrogen-bond acceptors (Lipinski definition) is 5. The highest BCUT2D eigenvalue weighted by atomic mass is 19.1. The zero-order valence-corrected chi connectivity index (χ0v) is 19.0. The molecule has 2 aromatic rings. The van der Waals surface area contributed by atoms with Gasteiger partial charge in [0, 0.05) is 25.5 Å². The van der Waals surface area contributed by atoms with Crippen LogP contribution >= 0.6 is 0 Å². The lowest BCUT2D eigenvalue weighted by atomic mass is 9.95. The average Bonchev–Trinajstić information content (AvgIpc) is 2.84. The van der Waals surface area contributed by atoms with Crippen molar-refractivity contribution in [3.05, 3.63) is 29.7 Å². The highest BCUT2D eigenvalue weighted by molar-refractivity contribution is 5.85. The molecule has 0 radical (unpaired) electrons. The fraction of sp³-hybridized carbons (Fsp3) is 0.591. The number of carbonyl (C=O) groups is 2. The fourth-order valence-corrected chi connectivity index (χ4v) is 3.68. The van der Waals surface area contributed by atoms with Gasteiger partial charge in [-0.25, -0.2) is 9.18 Å². The third kappa shape index (κ3) is 5.15. The average molecular weight is 435 g/mol. The molecule has 0 spiro atoms. The molecule has 170 valence electrons. The van der Waals surface area contributed by atoms with E-state index >= 15 is 0 Å². The van der Waals surface area contributed by atoms with Crippen LogP contribution in [0.5, 0.6) is 0 Å². The lowest BCUT2D eigenvalue weighted by molar-refractivity contribution is -0.128. The Balaban J connectivity index is 1.78. The maximum absolute atomic E-state index is 14.3. The first-order valence-corrected chi connectivity index (χ1v) is 10.4. The summed E-state index contributed by atoms with van der Waals surface area (Å²) < 4.78 is 26.8. The SMILES string of the molecule is Cn1nc(C(C)(C)NC(=O)C2COCCN(C(=O)OC(C)(C)C)C2)c2cccc(F)c21. The summed E-state index contributed by atoms with van der Waals surface area (Å²) in [5.74, 6) is -1.21. The van der Waals surface area contributed by atoms with E-state index < -0.39 is 23.2 Å². The van der Waals surface area contributed by atoms with Gasteiger partial charge < -0.3 is 19.7 Å². The van der Waals surface area contributed by atoms with E-state index in [0.29, 0.717) is 29.7 Å². The normalized spacial score (nSPS) is 18.0. The van der Waals surface area contributed by atoms with Crippen LogP contribution in [0, 0.1) is 11.7 Å². The smallest absolute Gasteiger partial charge is 0.410 e. The largest absolute Gasteiger partial charge is 0.444 e. The lowest BCUT2D eigenvalue weighted by Crippen LogP contribution is -2.48. The van der Waals surface area contributed by atoms with E-state index in [1.165, 1.54) is 15.6 Å². The molecule has 31 heavy (non-hydrogen) atoms. The Morgan fingerprint density at radius 3 is 2.65 bits per heavy atom. The zero-order valence-electron chi connectivity index (χ0n) is 19.0. The second kappa shape index (κ2) is 8.45.